The summed E-state index contributed by atoms with van der Waals surface area (Å²) in [5.41, 5.74) is 1.89. The highest BCUT2D eigenvalue weighted by atomic mass is 16.1. The molecule has 0 aliphatic rings. The van der Waals surface area contributed by atoms with Crippen molar-refractivity contribution >= 4 is 16.8 Å². The van der Waals surface area contributed by atoms with E-state index < -0.39 is 0 Å². The molecular formula is C13H13N3O. The van der Waals surface area contributed by atoms with Gasteiger partial charge in [-0.1, -0.05) is 12.1 Å². The molecule has 0 unspecified atom stereocenters. The quantitative estimate of drug-likeness (QED) is 0.593. The number of benzene rings is 1. The summed E-state index contributed by atoms with van der Waals surface area (Å²) >= 11 is 0. The number of ketones is 1. The molecule has 86 valence electrons. The third-order valence-electron chi connectivity index (χ3n) is 2.23. The Morgan fingerprint density at radius 3 is 2.65 bits per heavy atom. The molecule has 0 saturated carbocycles. The van der Waals surface area contributed by atoms with Crippen molar-refractivity contribution in [3.63, 3.8) is 0 Å². The number of carbonyl (C=O) groups excluding carboxylic acids is 1. The second-order valence-corrected chi connectivity index (χ2v) is 3.89. The molecule has 1 aromatic heterocycles. The van der Waals surface area contributed by atoms with Crippen molar-refractivity contribution in [3.05, 3.63) is 48.4 Å². The molecule has 1 heterocycles. The largest absolute Gasteiger partial charge is 0.383 e. The first-order valence-electron chi connectivity index (χ1n) is 5.27. The van der Waals surface area contributed by atoms with Gasteiger partial charge in [-0.2, -0.15) is 0 Å². The predicted molar refractivity (Wildman–Crippen MR) is 66.7 cm³/mol. The van der Waals surface area contributed by atoms with Crippen LogP contribution in [0.5, 0.6) is 0 Å². The highest BCUT2D eigenvalue weighted by molar-refractivity contribution is 6.03. The van der Waals surface area contributed by atoms with Gasteiger partial charge >= 0.3 is 0 Å². The third-order valence-corrected chi connectivity index (χ3v) is 2.23. The molecule has 17 heavy (non-hydrogen) atoms. The predicted octanol–water partition coefficient (Wildman–Crippen LogP) is 1.89. The molecule has 1 aromatic carbocycles. The Morgan fingerprint density at radius 2 is 1.94 bits per heavy atom. The molecule has 2 aromatic rings. The molecule has 0 spiro atoms. The van der Waals surface area contributed by atoms with E-state index in [1.807, 2.05) is 38.4 Å². The van der Waals surface area contributed by atoms with Crippen LogP contribution in [0.4, 0.5) is 0 Å². The number of allylic oxidation sites excluding steroid dienone is 1. The van der Waals surface area contributed by atoms with Crippen molar-refractivity contribution in [2.24, 2.45) is 0 Å². The molecule has 0 amide bonds. The summed E-state index contributed by atoms with van der Waals surface area (Å²) < 4.78 is 0. The number of carbonyl (C=O) groups is 1. The standard InChI is InChI=1S/C13H13N3O/c1-16(2)8-7-13(17)12-9-14-10-5-3-4-6-11(10)15-12/h3-9H,1-2H3. The van der Waals surface area contributed by atoms with Crippen LogP contribution < -0.4 is 0 Å². The first-order chi connectivity index (χ1) is 8.16. The second-order valence-electron chi connectivity index (χ2n) is 3.89. The van der Waals surface area contributed by atoms with Gasteiger partial charge in [-0.15, -0.1) is 0 Å². The van der Waals surface area contributed by atoms with E-state index in [2.05, 4.69) is 9.97 Å². The summed E-state index contributed by atoms with van der Waals surface area (Å²) in [6.07, 6.45) is 4.68. The lowest BCUT2D eigenvalue weighted by Gasteiger charge is -2.02. The highest BCUT2D eigenvalue weighted by Crippen LogP contribution is 2.09. The smallest absolute Gasteiger partial charge is 0.207 e. The van der Waals surface area contributed by atoms with Gasteiger partial charge in [0, 0.05) is 26.4 Å². The summed E-state index contributed by atoms with van der Waals surface area (Å²) in [6.45, 7) is 0. The summed E-state index contributed by atoms with van der Waals surface area (Å²) in [6, 6.07) is 7.48. The van der Waals surface area contributed by atoms with E-state index in [1.165, 1.54) is 12.3 Å². The van der Waals surface area contributed by atoms with E-state index in [0.717, 1.165) is 11.0 Å². The number of hydrogen-bond donors (Lipinski definition) is 0. The molecule has 0 radical (unpaired) electrons. The normalized spacial score (nSPS) is 10.9. The summed E-state index contributed by atoms with van der Waals surface area (Å²) in [4.78, 5) is 22.0. The number of aromatic nitrogens is 2. The fourth-order valence-electron chi connectivity index (χ4n) is 1.38. The van der Waals surface area contributed by atoms with E-state index in [0.29, 0.717) is 5.69 Å². The van der Waals surface area contributed by atoms with Gasteiger partial charge in [0.25, 0.3) is 0 Å². The Labute approximate surface area is 99.6 Å². The van der Waals surface area contributed by atoms with E-state index >= 15 is 0 Å². The van der Waals surface area contributed by atoms with E-state index in [9.17, 15) is 4.79 Å². The number of fused-ring (bicyclic) bond motifs is 1. The maximum absolute atomic E-state index is 11.8. The molecular weight excluding hydrogens is 214 g/mol. The molecule has 2 rings (SSSR count). The average Bonchev–Trinajstić information content (AvgIpc) is 2.35. The van der Waals surface area contributed by atoms with Gasteiger partial charge in [-0.25, -0.2) is 4.98 Å². The first-order valence-corrected chi connectivity index (χ1v) is 5.27. The third kappa shape index (κ3) is 2.66. The fourth-order valence-corrected chi connectivity index (χ4v) is 1.38. The van der Waals surface area contributed by atoms with Crippen LogP contribution in [0.15, 0.2) is 42.7 Å². The maximum atomic E-state index is 11.8. The Bertz CT molecular complexity index is 576. The summed E-state index contributed by atoms with van der Waals surface area (Å²) in [7, 11) is 3.71. The van der Waals surface area contributed by atoms with Gasteiger partial charge < -0.3 is 4.90 Å². The zero-order valence-corrected chi connectivity index (χ0v) is 9.79. The Kier molecular flexibility index (Phi) is 3.14. The van der Waals surface area contributed by atoms with Crippen LogP contribution in [0.1, 0.15) is 10.5 Å². The lowest BCUT2D eigenvalue weighted by Crippen LogP contribution is -2.04. The average molecular weight is 227 g/mol. The number of rotatable bonds is 3. The van der Waals surface area contributed by atoms with Gasteiger partial charge in [-0.3, -0.25) is 9.78 Å². The molecule has 0 atom stereocenters. The van der Waals surface area contributed by atoms with Gasteiger partial charge in [-0.05, 0) is 12.1 Å². The van der Waals surface area contributed by atoms with E-state index in [1.54, 1.807) is 11.1 Å². The number of para-hydroxylation sites is 2. The lowest BCUT2D eigenvalue weighted by molar-refractivity contribution is 0.104. The number of hydrogen-bond acceptors (Lipinski definition) is 4. The monoisotopic (exact) mass is 227 g/mol. The second kappa shape index (κ2) is 4.74. The van der Waals surface area contributed by atoms with Crippen molar-refractivity contribution in [2.75, 3.05) is 14.1 Å². The Balaban J connectivity index is 2.33. The summed E-state index contributed by atoms with van der Waals surface area (Å²) in [5.74, 6) is -0.142. The van der Waals surface area contributed by atoms with Crippen LogP contribution in [0, 0.1) is 0 Å². The molecule has 0 saturated heterocycles. The molecule has 4 heteroatoms. The van der Waals surface area contributed by atoms with Crippen molar-refractivity contribution in [1.29, 1.82) is 0 Å². The Morgan fingerprint density at radius 1 is 1.24 bits per heavy atom. The van der Waals surface area contributed by atoms with E-state index in [4.69, 9.17) is 0 Å². The molecule has 0 aliphatic carbocycles. The molecule has 0 fully saturated rings. The van der Waals surface area contributed by atoms with Gasteiger partial charge in [0.15, 0.2) is 0 Å². The topological polar surface area (TPSA) is 46.1 Å². The van der Waals surface area contributed by atoms with Crippen LogP contribution in [0.25, 0.3) is 11.0 Å². The highest BCUT2D eigenvalue weighted by Gasteiger charge is 2.05. The van der Waals surface area contributed by atoms with Crippen molar-refractivity contribution in [3.8, 4) is 0 Å². The zero-order chi connectivity index (χ0) is 12.3. The maximum Gasteiger partial charge on any atom is 0.207 e. The van der Waals surface area contributed by atoms with Crippen LogP contribution in [-0.2, 0) is 0 Å². The van der Waals surface area contributed by atoms with Crippen molar-refractivity contribution < 1.29 is 4.79 Å². The zero-order valence-electron chi connectivity index (χ0n) is 9.79. The minimum atomic E-state index is -0.142. The van der Waals surface area contributed by atoms with Crippen LogP contribution >= 0.6 is 0 Å². The lowest BCUT2D eigenvalue weighted by atomic mass is 10.2. The molecule has 4 nitrogen and oxygen atoms in total. The minimum Gasteiger partial charge on any atom is -0.383 e. The molecule has 0 N–H and O–H groups in total. The van der Waals surface area contributed by atoms with Crippen LogP contribution in [0.3, 0.4) is 0 Å². The summed E-state index contributed by atoms with van der Waals surface area (Å²) in [5, 5.41) is 0. The van der Waals surface area contributed by atoms with Crippen LogP contribution in [0.2, 0.25) is 0 Å². The van der Waals surface area contributed by atoms with Crippen molar-refractivity contribution in [1.82, 2.24) is 14.9 Å². The Hall–Kier alpha value is -2.23. The first kappa shape index (κ1) is 11.3. The molecule has 0 bridgehead atoms. The SMILES string of the molecule is CN(C)C=CC(=O)c1cnc2ccccc2n1. The molecule has 0 aliphatic heterocycles. The fraction of sp³-hybridized carbons (Fsp3) is 0.154. The van der Waals surface area contributed by atoms with E-state index in [-0.39, 0.29) is 5.78 Å². The number of nitrogens with zero attached hydrogens (tertiary/aromatic N) is 3. The van der Waals surface area contributed by atoms with Gasteiger partial charge in [0.1, 0.15) is 5.69 Å². The van der Waals surface area contributed by atoms with Gasteiger partial charge in [0.2, 0.25) is 5.78 Å². The van der Waals surface area contributed by atoms with Gasteiger partial charge in [0.05, 0.1) is 17.2 Å². The van der Waals surface area contributed by atoms with Crippen molar-refractivity contribution in [2.45, 2.75) is 0 Å². The van der Waals surface area contributed by atoms with Crippen LogP contribution in [-0.4, -0.2) is 34.7 Å². The minimum absolute atomic E-state index is 0.142.